The molecule has 4 aromatic rings. The molecule has 0 unspecified atom stereocenters. The standard InChI is InChI=1S/C19H15FN2S/c20-15-7-3-13(4-8-15)5-10-19-21-16-9-6-14(12-17(16)22-19)18-2-1-11-23-18/h1-4,6-9,11-12H,5,10H2,(H,21,22). The molecule has 0 saturated heterocycles. The SMILES string of the molecule is Fc1ccc(CCc2nc3ccc(-c4cccs4)cc3[nH]2)cc1. The van der Waals surface area contributed by atoms with Crippen molar-refractivity contribution in [3.63, 3.8) is 0 Å². The highest BCUT2D eigenvalue weighted by molar-refractivity contribution is 7.13. The van der Waals surface area contributed by atoms with Gasteiger partial charge in [0.05, 0.1) is 11.0 Å². The van der Waals surface area contributed by atoms with E-state index < -0.39 is 0 Å². The van der Waals surface area contributed by atoms with E-state index in [2.05, 4.69) is 45.7 Å². The van der Waals surface area contributed by atoms with Crippen LogP contribution in [0.5, 0.6) is 0 Å². The zero-order chi connectivity index (χ0) is 15.6. The van der Waals surface area contributed by atoms with Crippen molar-refractivity contribution in [1.82, 2.24) is 9.97 Å². The number of rotatable bonds is 4. The van der Waals surface area contributed by atoms with Gasteiger partial charge in [0.25, 0.3) is 0 Å². The molecule has 2 aromatic heterocycles. The summed E-state index contributed by atoms with van der Waals surface area (Å²) in [5.41, 5.74) is 4.37. The van der Waals surface area contributed by atoms with E-state index in [4.69, 9.17) is 0 Å². The maximum atomic E-state index is 12.9. The van der Waals surface area contributed by atoms with E-state index in [-0.39, 0.29) is 5.82 Å². The molecule has 0 saturated carbocycles. The first-order valence-corrected chi connectivity index (χ1v) is 8.43. The maximum absolute atomic E-state index is 12.9. The predicted octanol–water partition coefficient (Wildman–Crippen LogP) is 5.22. The molecule has 0 aliphatic rings. The predicted molar refractivity (Wildman–Crippen MR) is 93.2 cm³/mol. The Morgan fingerprint density at radius 3 is 2.65 bits per heavy atom. The van der Waals surface area contributed by atoms with Gasteiger partial charge in [-0.2, -0.15) is 0 Å². The second-order valence-corrected chi connectivity index (χ2v) is 6.47. The number of aromatic nitrogens is 2. The smallest absolute Gasteiger partial charge is 0.123 e. The highest BCUT2D eigenvalue weighted by Gasteiger charge is 2.06. The fourth-order valence-corrected chi connectivity index (χ4v) is 3.41. The lowest BCUT2D eigenvalue weighted by atomic mass is 10.1. The number of thiophene rings is 1. The number of imidazole rings is 1. The van der Waals surface area contributed by atoms with Crippen molar-refractivity contribution in [2.75, 3.05) is 0 Å². The van der Waals surface area contributed by atoms with Crippen LogP contribution in [0.25, 0.3) is 21.5 Å². The van der Waals surface area contributed by atoms with E-state index in [0.29, 0.717) is 0 Å². The van der Waals surface area contributed by atoms with Crippen LogP contribution in [-0.2, 0) is 12.8 Å². The molecular weight excluding hydrogens is 307 g/mol. The summed E-state index contributed by atoms with van der Waals surface area (Å²) in [6, 6.07) is 17.2. The van der Waals surface area contributed by atoms with Crippen molar-refractivity contribution in [3.05, 3.63) is 77.2 Å². The van der Waals surface area contributed by atoms with Gasteiger partial charge in [0, 0.05) is 11.3 Å². The summed E-state index contributed by atoms with van der Waals surface area (Å²) in [7, 11) is 0. The Hall–Kier alpha value is -2.46. The minimum absolute atomic E-state index is 0.196. The van der Waals surface area contributed by atoms with Gasteiger partial charge in [0.1, 0.15) is 11.6 Å². The fraction of sp³-hybridized carbons (Fsp3) is 0.105. The van der Waals surface area contributed by atoms with Crippen LogP contribution in [0.15, 0.2) is 60.0 Å². The molecule has 4 heteroatoms. The number of benzene rings is 2. The third-order valence-corrected chi connectivity index (χ3v) is 4.82. The number of hydrogen-bond donors (Lipinski definition) is 1. The van der Waals surface area contributed by atoms with Gasteiger partial charge in [-0.25, -0.2) is 9.37 Å². The Labute approximate surface area is 137 Å². The lowest BCUT2D eigenvalue weighted by Gasteiger charge is -1.98. The van der Waals surface area contributed by atoms with Gasteiger partial charge in [-0.05, 0) is 53.3 Å². The Morgan fingerprint density at radius 1 is 1.00 bits per heavy atom. The van der Waals surface area contributed by atoms with Crippen LogP contribution in [0.3, 0.4) is 0 Å². The van der Waals surface area contributed by atoms with Crippen molar-refractivity contribution >= 4 is 22.4 Å². The summed E-state index contributed by atoms with van der Waals surface area (Å²) in [6.45, 7) is 0. The Balaban J connectivity index is 1.55. The molecule has 2 aromatic carbocycles. The zero-order valence-corrected chi connectivity index (χ0v) is 13.2. The number of H-pyrrole nitrogens is 1. The third kappa shape index (κ3) is 3.03. The first-order valence-electron chi connectivity index (χ1n) is 7.55. The molecule has 0 atom stereocenters. The Morgan fingerprint density at radius 2 is 1.87 bits per heavy atom. The zero-order valence-electron chi connectivity index (χ0n) is 12.4. The number of fused-ring (bicyclic) bond motifs is 1. The van der Waals surface area contributed by atoms with Gasteiger partial charge < -0.3 is 4.98 Å². The topological polar surface area (TPSA) is 28.7 Å². The Bertz CT molecular complexity index is 924. The van der Waals surface area contributed by atoms with Crippen LogP contribution in [-0.4, -0.2) is 9.97 Å². The molecule has 0 radical (unpaired) electrons. The fourth-order valence-electron chi connectivity index (χ4n) is 2.69. The molecule has 4 rings (SSSR count). The molecule has 23 heavy (non-hydrogen) atoms. The Kier molecular flexibility index (Phi) is 3.67. The van der Waals surface area contributed by atoms with Gasteiger partial charge in [0.2, 0.25) is 0 Å². The van der Waals surface area contributed by atoms with Gasteiger partial charge in [-0.1, -0.05) is 24.3 Å². The van der Waals surface area contributed by atoms with Crippen LogP contribution in [0, 0.1) is 5.82 Å². The van der Waals surface area contributed by atoms with Crippen molar-refractivity contribution in [2.24, 2.45) is 0 Å². The van der Waals surface area contributed by atoms with Crippen LogP contribution in [0.2, 0.25) is 0 Å². The van der Waals surface area contributed by atoms with Gasteiger partial charge >= 0.3 is 0 Å². The molecule has 2 nitrogen and oxygen atoms in total. The third-order valence-electron chi connectivity index (χ3n) is 3.90. The monoisotopic (exact) mass is 322 g/mol. The van der Waals surface area contributed by atoms with E-state index in [9.17, 15) is 4.39 Å². The molecule has 0 aliphatic carbocycles. The number of nitrogens with zero attached hydrogens (tertiary/aromatic N) is 1. The first kappa shape index (κ1) is 14.2. The van der Waals surface area contributed by atoms with Crippen molar-refractivity contribution in [2.45, 2.75) is 12.8 Å². The summed E-state index contributed by atoms with van der Waals surface area (Å²) in [6.07, 6.45) is 1.66. The molecule has 0 fully saturated rings. The number of halogens is 1. The summed E-state index contributed by atoms with van der Waals surface area (Å²) >= 11 is 1.74. The lowest BCUT2D eigenvalue weighted by Crippen LogP contribution is -1.93. The molecule has 1 N–H and O–H groups in total. The lowest BCUT2D eigenvalue weighted by molar-refractivity contribution is 0.627. The summed E-state index contributed by atoms with van der Waals surface area (Å²) < 4.78 is 12.9. The van der Waals surface area contributed by atoms with E-state index >= 15 is 0 Å². The molecule has 114 valence electrons. The number of aromatic amines is 1. The minimum atomic E-state index is -0.196. The van der Waals surface area contributed by atoms with E-state index in [0.717, 1.165) is 35.3 Å². The normalized spacial score (nSPS) is 11.2. The molecular formula is C19H15FN2S. The molecule has 0 spiro atoms. The number of hydrogen-bond acceptors (Lipinski definition) is 2. The molecule has 0 bridgehead atoms. The summed E-state index contributed by atoms with van der Waals surface area (Å²) in [5, 5.41) is 2.08. The quantitative estimate of drug-likeness (QED) is 0.548. The molecule has 2 heterocycles. The highest BCUT2D eigenvalue weighted by atomic mass is 32.1. The van der Waals surface area contributed by atoms with Gasteiger partial charge in [-0.3, -0.25) is 0 Å². The summed E-state index contributed by atoms with van der Waals surface area (Å²) in [4.78, 5) is 9.30. The first-order chi connectivity index (χ1) is 11.3. The van der Waals surface area contributed by atoms with Gasteiger partial charge in [0.15, 0.2) is 0 Å². The van der Waals surface area contributed by atoms with Crippen molar-refractivity contribution in [1.29, 1.82) is 0 Å². The van der Waals surface area contributed by atoms with E-state index in [1.165, 1.54) is 22.6 Å². The number of nitrogens with one attached hydrogen (secondary N) is 1. The number of aryl methyl sites for hydroxylation is 2. The second kappa shape index (κ2) is 5.97. The maximum Gasteiger partial charge on any atom is 0.123 e. The largest absolute Gasteiger partial charge is 0.342 e. The average molecular weight is 322 g/mol. The minimum Gasteiger partial charge on any atom is -0.342 e. The van der Waals surface area contributed by atoms with Crippen molar-refractivity contribution < 1.29 is 4.39 Å². The second-order valence-electron chi connectivity index (χ2n) is 5.52. The van der Waals surface area contributed by atoms with Gasteiger partial charge in [-0.15, -0.1) is 11.3 Å². The van der Waals surface area contributed by atoms with Crippen molar-refractivity contribution in [3.8, 4) is 10.4 Å². The van der Waals surface area contributed by atoms with Crippen LogP contribution >= 0.6 is 11.3 Å². The average Bonchev–Trinajstić information content (AvgIpc) is 3.23. The molecule has 0 aliphatic heterocycles. The highest BCUT2D eigenvalue weighted by Crippen LogP contribution is 2.27. The van der Waals surface area contributed by atoms with Crippen LogP contribution in [0.4, 0.5) is 4.39 Å². The van der Waals surface area contributed by atoms with E-state index in [1.807, 2.05) is 12.1 Å². The van der Waals surface area contributed by atoms with Crippen LogP contribution < -0.4 is 0 Å². The van der Waals surface area contributed by atoms with E-state index in [1.54, 1.807) is 11.3 Å². The van der Waals surface area contributed by atoms with Crippen LogP contribution in [0.1, 0.15) is 11.4 Å². The molecule has 0 amide bonds. The summed E-state index contributed by atoms with van der Waals surface area (Å²) in [5.74, 6) is 0.770.